The standard InChI is InChI=1S/C17H11Cl2FN2OS/c1-9-5-6-10-14(7-9)24-16(15(10)19)17(23)22-21-8-11-12(18)3-2-4-13(11)20/h2-8H,1H3,(H,22,23)/b21-8-. The highest BCUT2D eigenvalue weighted by Crippen LogP contribution is 2.35. The maximum Gasteiger partial charge on any atom is 0.283 e. The van der Waals surface area contributed by atoms with Crippen LogP contribution in [0.5, 0.6) is 0 Å². The number of fused-ring (bicyclic) bond motifs is 1. The molecule has 0 bridgehead atoms. The van der Waals surface area contributed by atoms with E-state index in [4.69, 9.17) is 23.2 Å². The van der Waals surface area contributed by atoms with Crippen molar-refractivity contribution in [2.24, 2.45) is 5.10 Å². The molecule has 3 rings (SSSR count). The van der Waals surface area contributed by atoms with Crippen molar-refractivity contribution in [2.45, 2.75) is 6.92 Å². The fraction of sp³-hybridized carbons (Fsp3) is 0.0588. The molecule has 3 aromatic rings. The summed E-state index contributed by atoms with van der Waals surface area (Å²) in [6.45, 7) is 1.97. The first-order valence-corrected chi connectivity index (χ1v) is 8.50. The van der Waals surface area contributed by atoms with E-state index in [-0.39, 0.29) is 10.6 Å². The summed E-state index contributed by atoms with van der Waals surface area (Å²) in [6.07, 6.45) is 1.17. The molecule has 1 amide bonds. The van der Waals surface area contributed by atoms with Crippen molar-refractivity contribution < 1.29 is 9.18 Å². The number of amides is 1. The van der Waals surface area contributed by atoms with Gasteiger partial charge in [0.2, 0.25) is 0 Å². The third-order valence-electron chi connectivity index (χ3n) is 3.35. The third-order valence-corrected chi connectivity index (χ3v) is 5.34. The van der Waals surface area contributed by atoms with Crippen LogP contribution < -0.4 is 5.43 Å². The van der Waals surface area contributed by atoms with Crippen LogP contribution in [0.1, 0.15) is 20.8 Å². The summed E-state index contributed by atoms with van der Waals surface area (Å²) < 4.78 is 14.6. The first-order valence-electron chi connectivity index (χ1n) is 6.93. The summed E-state index contributed by atoms with van der Waals surface area (Å²) in [7, 11) is 0. The fourth-order valence-electron chi connectivity index (χ4n) is 2.16. The van der Waals surface area contributed by atoms with E-state index in [9.17, 15) is 9.18 Å². The number of hydrogen-bond donors (Lipinski definition) is 1. The Balaban J connectivity index is 1.83. The van der Waals surface area contributed by atoms with Crippen LogP contribution in [-0.2, 0) is 0 Å². The summed E-state index contributed by atoms with van der Waals surface area (Å²) in [5, 5.41) is 5.18. The molecule has 0 atom stereocenters. The lowest BCUT2D eigenvalue weighted by molar-refractivity contribution is 0.0959. The lowest BCUT2D eigenvalue weighted by Crippen LogP contribution is -2.16. The molecule has 0 aliphatic carbocycles. The lowest BCUT2D eigenvalue weighted by Gasteiger charge is -2.00. The van der Waals surface area contributed by atoms with Gasteiger partial charge in [0, 0.05) is 15.6 Å². The molecule has 0 fully saturated rings. The second-order valence-corrected chi connectivity index (χ2v) is 6.92. The number of nitrogens with one attached hydrogen (secondary N) is 1. The largest absolute Gasteiger partial charge is 0.283 e. The van der Waals surface area contributed by atoms with Gasteiger partial charge in [0.25, 0.3) is 5.91 Å². The third kappa shape index (κ3) is 3.29. The molecule has 3 nitrogen and oxygen atoms in total. The number of nitrogens with zero attached hydrogens (tertiary/aromatic N) is 1. The minimum absolute atomic E-state index is 0.109. The molecule has 1 heterocycles. The molecular weight excluding hydrogens is 370 g/mol. The number of aryl methyl sites for hydroxylation is 1. The molecular formula is C17H11Cl2FN2OS. The minimum atomic E-state index is -0.518. The van der Waals surface area contributed by atoms with Crippen LogP contribution in [0.2, 0.25) is 10.0 Å². The van der Waals surface area contributed by atoms with E-state index in [0.29, 0.717) is 9.90 Å². The SMILES string of the molecule is Cc1ccc2c(Cl)c(C(=O)N/N=C\c3c(F)cccc3Cl)sc2c1. The number of carbonyl (C=O) groups excluding carboxylic acids is 1. The molecule has 0 radical (unpaired) electrons. The number of hydrazone groups is 1. The number of carbonyl (C=O) groups is 1. The quantitative estimate of drug-likeness (QED) is 0.478. The molecule has 1 N–H and O–H groups in total. The number of halogens is 3. The molecule has 0 saturated carbocycles. The van der Waals surface area contributed by atoms with Crippen molar-refractivity contribution in [2.75, 3.05) is 0 Å². The maximum absolute atomic E-state index is 13.6. The van der Waals surface area contributed by atoms with Gasteiger partial charge in [-0.05, 0) is 30.7 Å². The molecule has 0 spiro atoms. The molecule has 0 aliphatic rings. The highest BCUT2D eigenvalue weighted by atomic mass is 35.5. The Morgan fingerprint density at radius 3 is 2.83 bits per heavy atom. The van der Waals surface area contributed by atoms with Gasteiger partial charge >= 0.3 is 0 Å². The molecule has 24 heavy (non-hydrogen) atoms. The summed E-state index contributed by atoms with van der Waals surface area (Å²) in [6, 6.07) is 10.1. The number of thiophene rings is 1. The van der Waals surface area contributed by atoms with Gasteiger partial charge in [-0.15, -0.1) is 11.3 Å². The van der Waals surface area contributed by atoms with Crippen molar-refractivity contribution >= 4 is 56.7 Å². The van der Waals surface area contributed by atoms with Gasteiger partial charge in [0.15, 0.2) is 0 Å². The first-order chi connectivity index (χ1) is 11.5. The summed E-state index contributed by atoms with van der Waals surface area (Å²) >= 11 is 13.4. The van der Waals surface area contributed by atoms with Crippen molar-refractivity contribution in [1.82, 2.24) is 5.43 Å². The van der Waals surface area contributed by atoms with E-state index in [1.54, 1.807) is 6.07 Å². The highest BCUT2D eigenvalue weighted by Gasteiger charge is 2.16. The zero-order valence-electron chi connectivity index (χ0n) is 12.4. The Morgan fingerprint density at radius 2 is 2.08 bits per heavy atom. The van der Waals surface area contributed by atoms with Gasteiger partial charge in [-0.1, -0.05) is 41.4 Å². The van der Waals surface area contributed by atoms with Crippen molar-refractivity contribution in [3.05, 3.63) is 68.3 Å². The predicted octanol–water partition coefficient (Wildman–Crippen LogP) is 5.42. The van der Waals surface area contributed by atoms with Crippen molar-refractivity contribution in [1.29, 1.82) is 0 Å². The fourth-order valence-corrected chi connectivity index (χ4v) is 3.88. The molecule has 2 aromatic carbocycles. The number of benzene rings is 2. The minimum Gasteiger partial charge on any atom is -0.266 e. The normalized spacial score (nSPS) is 11.3. The van der Waals surface area contributed by atoms with Crippen LogP contribution in [0, 0.1) is 12.7 Å². The van der Waals surface area contributed by atoms with E-state index in [0.717, 1.165) is 15.6 Å². The Morgan fingerprint density at radius 1 is 1.29 bits per heavy atom. The van der Waals surface area contributed by atoms with E-state index >= 15 is 0 Å². The second-order valence-electron chi connectivity index (χ2n) is 5.08. The van der Waals surface area contributed by atoms with E-state index in [2.05, 4.69) is 10.5 Å². The summed E-state index contributed by atoms with van der Waals surface area (Å²) in [5.41, 5.74) is 3.54. The number of rotatable bonds is 3. The summed E-state index contributed by atoms with van der Waals surface area (Å²) in [5.74, 6) is -0.974. The van der Waals surface area contributed by atoms with E-state index in [1.807, 2.05) is 25.1 Å². The molecule has 0 unspecified atom stereocenters. The zero-order valence-corrected chi connectivity index (χ0v) is 14.8. The van der Waals surface area contributed by atoms with Gasteiger partial charge in [-0.3, -0.25) is 4.79 Å². The average Bonchev–Trinajstić information content (AvgIpc) is 2.86. The number of hydrogen-bond acceptors (Lipinski definition) is 3. The van der Waals surface area contributed by atoms with Gasteiger partial charge in [-0.2, -0.15) is 5.10 Å². The van der Waals surface area contributed by atoms with E-state index < -0.39 is 11.7 Å². The molecule has 7 heteroatoms. The van der Waals surface area contributed by atoms with Gasteiger partial charge in [-0.25, -0.2) is 9.82 Å². The Bertz CT molecular complexity index is 948. The molecule has 122 valence electrons. The Hall–Kier alpha value is -1.95. The Labute approximate surface area is 151 Å². The molecule has 1 aromatic heterocycles. The van der Waals surface area contributed by atoms with Gasteiger partial charge in [0.05, 0.1) is 16.3 Å². The van der Waals surface area contributed by atoms with Crippen LogP contribution in [0.25, 0.3) is 10.1 Å². The predicted molar refractivity (Wildman–Crippen MR) is 98.0 cm³/mol. The van der Waals surface area contributed by atoms with Crippen LogP contribution >= 0.6 is 34.5 Å². The van der Waals surface area contributed by atoms with Crippen LogP contribution in [0.3, 0.4) is 0 Å². The van der Waals surface area contributed by atoms with E-state index in [1.165, 1.54) is 29.7 Å². The van der Waals surface area contributed by atoms with Crippen LogP contribution in [0.4, 0.5) is 4.39 Å². The molecule has 0 aliphatic heterocycles. The maximum atomic E-state index is 13.6. The highest BCUT2D eigenvalue weighted by molar-refractivity contribution is 7.21. The topological polar surface area (TPSA) is 41.5 Å². The van der Waals surface area contributed by atoms with Gasteiger partial charge < -0.3 is 0 Å². The first kappa shape index (κ1) is 16.9. The van der Waals surface area contributed by atoms with Crippen molar-refractivity contribution in [3.8, 4) is 0 Å². The van der Waals surface area contributed by atoms with Crippen LogP contribution in [0.15, 0.2) is 41.5 Å². The lowest BCUT2D eigenvalue weighted by atomic mass is 10.2. The molecule has 0 saturated heterocycles. The zero-order chi connectivity index (χ0) is 17.3. The Kier molecular flexibility index (Phi) is 4.85. The average molecular weight is 381 g/mol. The smallest absolute Gasteiger partial charge is 0.266 e. The van der Waals surface area contributed by atoms with Gasteiger partial charge in [0.1, 0.15) is 10.7 Å². The van der Waals surface area contributed by atoms with Crippen LogP contribution in [-0.4, -0.2) is 12.1 Å². The summed E-state index contributed by atoms with van der Waals surface area (Å²) in [4.78, 5) is 12.6. The second kappa shape index (κ2) is 6.89. The van der Waals surface area contributed by atoms with Crippen molar-refractivity contribution in [3.63, 3.8) is 0 Å². The monoisotopic (exact) mass is 380 g/mol.